The van der Waals surface area contributed by atoms with Crippen molar-refractivity contribution >= 4 is 5.91 Å². The summed E-state index contributed by atoms with van der Waals surface area (Å²) in [4.78, 5) is 11.7. The molecule has 1 unspecified atom stereocenters. The van der Waals surface area contributed by atoms with Gasteiger partial charge >= 0.3 is 0 Å². The molecule has 92 valence electrons. The van der Waals surface area contributed by atoms with Crippen molar-refractivity contribution in [1.82, 2.24) is 5.32 Å². The van der Waals surface area contributed by atoms with Crippen LogP contribution in [0.15, 0.2) is 24.3 Å². The number of ether oxygens (including phenoxy) is 1. The molecule has 4 heteroatoms. The Morgan fingerprint density at radius 2 is 2.24 bits per heavy atom. The molecule has 0 spiro atoms. The average Bonchev–Trinajstić information content (AvgIpc) is 3.12. The van der Waals surface area contributed by atoms with Crippen molar-refractivity contribution in [3.8, 4) is 5.75 Å². The van der Waals surface area contributed by atoms with E-state index in [-0.39, 0.29) is 5.91 Å². The molecular weight excluding hydrogens is 216 g/mol. The second kappa shape index (κ2) is 4.37. The van der Waals surface area contributed by atoms with Crippen molar-refractivity contribution in [2.24, 2.45) is 5.73 Å². The zero-order valence-electron chi connectivity index (χ0n) is 10.2. The van der Waals surface area contributed by atoms with Crippen molar-refractivity contribution < 1.29 is 9.53 Å². The minimum absolute atomic E-state index is 0.363. The zero-order valence-corrected chi connectivity index (χ0v) is 10.2. The number of nitrogens with two attached hydrogens (primary N) is 1. The fraction of sp³-hybridized carbons (Fsp3) is 0.462. The average molecular weight is 234 g/mol. The minimum Gasteiger partial charge on any atom is -0.497 e. The van der Waals surface area contributed by atoms with E-state index in [9.17, 15) is 4.79 Å². The lowest BCUT2D eigenvalue weighted by Crippen LogP contribution is -2.51. The number of methoxy groups -OCH3 is 1. The Bertz CT molecular complexity index is 429. The van der Waals surface area contributed by atoms with E-state index >= 15 is 0 Å². The van der Waals surface area contributed by atoms with Gasteiger partial charge in [-0.25, -0.2) is 0 Å². The lowest BCUT2D eigenvalue weighted by molar-refractivity contribution is -0.124. The predicted molar refractivity (Wildman–Crippen MR) is 65.7 cm³/mol. The Morgan fingerprint density at radius 3 is 2.76 bits per heavy atom. The van der Waals surface area contributed by atoms with Gasteiger partial charge < -0.3 is 10.5 Å². The first-order valence-electron chi connectivity index (χ1n) is 5.78. The quantitative estimate of drug-likeness (QED) is 0.803. The molecule has 1 fully saturated rings. The maximum absolute atomic E-state index is 11.7. The number of primary amides is 1. The second-order valence-electron chi connectivity index (χ2n) is 4.64. The predicted octanol–water partition coefficient (Wildman–Crippen LogP) is 1.15. The fourth-order valence-corrected chi connectivity index (χ4v) is 1.87. The molecule has 1 aromatic carbocycles. The molecule has 1 aliphatic carbocycles. The number of carbonyl (C=O) groups excluding carboxylic acids is 1. The summed E-state index contributed by atoms with van der Waals surface area (Å²) in [5.41, 5.74) is 5.55. The van der Waals surface area contributed by atoms with Gasteiger partial charge in [0.15, 0.2) is 0 Å². The van der Waals surface area contributed by atoms with Gasteiger partial charge in [-0.3, -0.25) is 10.1 Å². The van der Waals surface area contributed by atoms with Crippen LogP contribution in [-0.4, -0.2) is 19.1 Å². The normalized spacial score (nSPS) is 18.5. The first-order valence-corrected chi connectivity index (χ1v) is 5.78. The smallest absolute Gasteiger partial charge is 0.242 e. The fourth-order valence-electron chi connectivity index (χ4n) is 1.87. The van der Waals surface area contributed by atoms with Gasteiger partial charge in [0.25, 0.3) is 0 Å². The van der Waals surface area contributed by atoms with E-state index in [1.165, 1.54) is 0 Å². The highest BCUT2D eigenvalue weighted by atomic mass is 16.5. The molecule has 1 aliphatic rings. The highest BCUT2D eigenvalue weighted by Crippen LogP contribution is 2.29. The monoisotopic (exact) mass is 234 g/mol. The molecule has 0 aromatic heterocycles. The maximum atomic E-state index is 11.7. The van der Waals surface area contributed by atoms with Crippen LogP contribution in [0.25, 0.3) is 0 Å². The lowest BCUT2D eigenvalue weighted by atomic mass is 9.91. The summed E-state index contributed by atoms with van der Waals surface area (Å²) in [6.45, 7) is 1.82. The summed E-state index contributed by atoms with van der Waals surface area (Å²) in [6.07, 6.45) is 2.21. The number of hydrogen-bond donors (Lipinski definition) is 2. The van der Waals surface area contributed by atoms with Gasteiger partial charge in [-0.15, -0.1) is 0 Å². The maximum Gasteiger partial charge on any atom is 0.242 e. The van der Waals surface area contributed by atoms with Crippen molar-refractivity contribution in [3.05, 3.63) is 29.8 Å². The summed E-state index contributed by atoms with van der Waals surface area (Å²) < 4.78 is 5.17. The van der Waals surface area contributed by atoms with E-state index in [1.54, 1.807) is 7.11 Å². The van der Waals surface area contributed by atoms with Crippen molar-refractivity contribution in [2.75, 3.05) is 7.11 Å². The molecule has 0 saturated heterocycles. The largest absolute Gasteiger partial charge is 0.497 e. The number of amides is 1. The molecule has 1 atom stereocenters. The van der Waals surface area contributed by atoms with E-state index in [2.05, 4.69) is 5.32 Å². The first kappa shape index (κ1) is 11.9. The molecule has 17 heavy (non-hydrogen) atoms. The van der Waals surface area contributed by atoms with Gasteiger partial charge in [-0.1, -0.05) is 12.1 Å². The molecule has 0 aliphatic heterocycles. The molecule has 1 amide bonds. The van der Waals surface area contributed by atoms with Crippen LogP contribution in [0.3, 0.4) is 0 Å². The lowest BCUT2D eigenvalue weighted by Gasteiger charge is -2.28. The van der Waals surface area contributed by atoms with E-state index in [4.69, 9.17) is 10.5 Å². The van der Waals surface area contributed by atoms with Crippen LogP contribution in [0, 0.1) is 0 Å². The molecule has 4 nitrogen and oxygen atoms in total. The van der Waals surface area contributed by atoms with Crippen molar-refractivity contribution in [1.29, 1.82) is 0 Å². The van der Waals surface area contributed by atoms with Crippen LogP contribution in [0.1, 0.15) is 25.3 Å². The standard InChI is InChI=1S/C13H18N2O2/c1-13(12(14)16,15-10-6-7-10)9-4-3-5-11(8-9)17-2/h3-5,8,10,15H,6-7H2,1-2H3,(H2,14,16). The Labute approximate surface area is 101 Å². The van der Waals surface area contributed by atoms with Crippen LogP contribution in [-0.2, 0) is 10.3 Å². The number of hydrogen-bond acceptors (Lipinski definition) is 3. The summed E-state index contributed by atoms with van der Waals surface area (Å²) in [5, 5.41) is 3.30. The number of nitrogens with one attached hydrogen (secondary N) is 1. The van der Waals surface area contributed by atoms with Crippen molar-refractivity contribution in [2.45, 2.75) is 31.3 Å². The number of benzene rings is 1. The summed E-state index contributed by atoms with van der Waals surface area (Å²) in [7, 11) is 1.61. The Morgan fingerprint density at radius 1 is 1.53 bits per heavy atom. The Balaban J connectivity index is 2.33. The van der Waals surface area contributed by atoms with E-state index in [1.807, 2.05) is 31.2 Å². The number of rotatable bonds is 5. The van der Waals surface area contributed by atoms with Crippen LogP contribution < -0.4 is 15.8 Å². The molecule has 0 heterocycles. The highest BCUT2D eigenvalue weighted by Gasteiger charge is 2.38. The zero-order chi connectivity index (χ0) is 12.5. The van der Waals surface area contributed by atoms with Crippen LogP contribution in [0.4, 0.5) is 0 Å². The van der Waals surface area contributed by atoms with Gasteiger partial charge in [0.05, 0.1) is 7.11 Å². The topological polar surface area (TPSA) is 64.3 Å². The van der Waals surface area contributed by atoms with Crippen LogP contribution in [0.5, 0.6) is 5.75 Å². The van der Waals surface area contributed by atoms with E-state index < -0.39 is 5.54 Å². The summed E-state index contributed by atoms with van der Waals surface area (Å²) >= 11 is 0. The molecule has 0 bridgehead atoms. The summed E-state index contributed by atoms with van der Waals surface area (Å²) in [6, 6.07) is 7.85. The summed E-state index contributed by atoms with van der Waals surface area (Å²) in [5.74, 6) is 0.366. The van der Waals surface area contributed by atoms with Crippen molar-refractivity contribution in [3.63, 3.8) is 0 Å². The van der Waals surface area contributed by atoms with Crippen LogP contribution in [0.2, 0.25) is 0 Å². The Kier molecular flexibility index (Phi) is 3.07. The van der Waals surface area contributed by atoms with E-state index in [0.717, 1.165) is 24.2 Å². The molecule has 1 aromatic rings. The van der Waals surface area contributed by atoms with Crippen LogP contribution >= 0.6 is 0 Å². The first-order chi connectivity index (χ1) is 8.06. The van der Waals surface area contributed by atoms with E-state index in [0.29, 0.717) is 6.04 Å². The van der Waals surface area contributed by atoms with Gasteiger partial charge in [0.2, 0.25) is 5.91 Å². The Hall–Kier alpha value is -1.55. The SMILES string of the molecule is COc1cccc(C(C)(NC2CC2)C(N)=O)c1. The van der Waals surface area contributed by atoms with Gasteiger partial charge in [-0.05, 0) is 37.5 Å². The third kappa shape index (κ3) is 2.42. The highest BCUT2D eigenvalue weighted by molar-refractivity contribution is 5.86. The molecular formula is C13H18N2O2. The molecule has 0 radical (unpaired) electrons. The molecule has 2 rings (SSSR count). The van der Waals surface area contributed by atoms with Gasteiger partial charge in [0, 0.05) is 6.04 Å². The third-order valence-corrected chi connectivity index (χ3v) is 3.21. The van der Waals surface area contributed by atoms with Gasteiger partial charge in [-0.2, -0.15) is 0 Å². The molecule has 1 saturated carbocycles. The van der Waals surface area contributed by atoms with Gasteiger partial charge in [0.1, 0.15) is 11.3 Å². The third-order valence-electron chi connectivity index (χ3n) is 3.21. The molecule has 3 N–H and O–H groups in total. The minimum atomic E-state index is -0.824. The number of carbonyl (C=O) groups is 1. The second-order valence-corrected chi connectivity index (χ2v) is 4.64.